The zero-order chi connectivity index (χ0) is 10.8. The molecule has 1 aliphatic rings. The van der Waals surface area contributed by atoms with Crippen LogP contribution in [0.1, 0.15) is 5.56 Å². The average Bonchev–Trinajstić information content (AvgIpc) is 2.57. The van der Waals surface area contributed by atoms with Gasteiger partial charge >= 0.3 is 12.9 Å². The van der Waals surface area contributed by atoms with Gasteiger partial charge in [-0.1, -0.05) is 12.9 Å². The van der Waals surface area contributed by atoms with E-state index in [0.29, 0.717) is 12.4 Å². The number of carboxylic acid groups (broad SMARTS) is 1. The van der Waals surface area contributed by atoms with E-state index in [4.69, 9.17) is 14.5 Å². The molecule has 0 aromatic heterocycles. The molecule has 80 valence electrons. The van der Waals surface area contributed by atoms with Gasteiger partial charge in [0.15, 0.2) is 6.61 Å². The normalized spacial score (nSPS) is 12.9. The number of rotatable bonds is 3. The van der Waals surface area contributed by atoms with Crippen LogP contribution in [-0.4, -0.2) is 24.6 Å². The molecule has 0 radical (unpaired) electrons. The number of hydrogen-bond donors (Lipinski definition) is 1. The summed E-state index contributed by atoms with van der Waals surface area (Å²) in [5.41, 5.74) is 2.23. The van der Waals surface area contributed by atoms with Crippen molar-refractivity contribution in [3.63, 3.8) is 0 Å². The fourth-order valence-corrected chi connectivity index (χ4v) is 1.62. The van der Waals surface area contributed by atoms with Crippen molar-refractivity contribution in [3.8, 4) is 5.75 Å². The van der Waals surface area contributed by atoms with Crippen LogP contribution in [0.2, 0.25) is 6.82 Å². The van der Waals surface area contributed by atoms with Gasteiger partial charge in [-0.25, -0.2) is 4.79 Å². The van der Waals surface area contributed by atoms with Crippen molar-refractivity contribution in [1.29, 1.82) is 0 Å². The van der Waals surface area contributed by atoms with E-state index in [2.05, 4.69) is 0 Å². The Hall–Kier alpha value is -2.49. The SMILES string of the molecule is CB1OCc2ccc(OCC(=O)O)cc21.[Rf]. The molecule has 0 atom stereocenters. The van der Waals surface area contributed by atoms with Crippen molar-refractivity contribution in [2.75, 3.05) is 6.61 Å². The molecule has 0 saturated heterocycles. The number of ether oxygens (including phenoxy) is 1. The molecule has 0 bridgehead atoms. The van der Waals surface area contributed by atoms with Crippen LogP contribution < -0.4 is 10.2 Å². The molecule has 1 heterocycles. The minimum absolute atomic E-state index is 0. The number of benzene rings is 1. The summed E-state index contributed by atoms with van der Waals surface area (Å²) in [6.45, 7) is 2.34. The van der Waals surface area contributed by atoms with Crippen molar-refractivity contribution >= 4 is 18.3 Å². The van der Waals surface area contributed by atoms with Crippen LogP contribution in [0.25, 0.3) is 0 Å². The summed E-state index contributed by atoms with van der Waals surface area (Å²) >= 11 is 0. The summed E-state index contributed by atoms with van der Waals surface area (Å²) < 4.78 is 10.5. The number of hydrogen-bond acceptors (Lipinski definition) is 3. The van der Waals surface area contributed by atoms with Gasteiger partial charge < -0.3 is 14.5 Å². The molecule has 0 amide bonds. The molecule has 4 nitrogen and oxygen atoms in total. The fraction of sp³-hybridized carbons (Fsp3) is 0.300. The van der Waals surface area contributed by atoms with Gasteiger partial charge in [-0.15, -0.1) is 0 Å². The van der Waals surface area contributed by atoms with Gasteiger partial charge in [-0.2, -0.15) is 0 Å². The Morgan fingerprint density at radius 2 is 2.38 bits per heavy atom. The Bertz CT molecular complexity index is 396. The van der Waals surface area contributed by atoms with Gasteiger partial charge in [0, 0.05) is 0 Å². The van der Waals surface area contributed by atoms with E-state index in [0.717, 1.165) is 11.0 Å². The summed E-state index contributed by atoms with van der Waals surface area (Å²) in [6, 6.07) is 5.52. The first-order valence-electron chi connectivity index (χ1n) is 4.76. The van der Waals surface area contributed by atoms with Crippen LogP contribution in [0, 0.1) is 0 Å². The largest absolute Gasteiger partial charge is 0.482 e. The quantitative estimate of drug-likeness (QED) is 0.651. The second kappa shape index (κ2) is 4.36. The molecule has 0 saturated carbocycles. The third kappa shape index (κ3) is 2.12. The first-order chi connectivity index (χ1) is 7.16. The number of carboxylic acids is 1. The summed E-state index contributed by atoms with van der Waals surface area (Å²) in [6.07, 6.45) is 0. The molecule has 6 heteroatoms. The Labute approximate surface area is 87.9 Å². The molecule has 2 rings (SSSR count). The Morgan fingerprint density at radius 1 is 1.62 bits per heavy atom. The third-order valence-corrected chi connectivity index (χ3v) is 2.41. The molecule has 0 spiro atoms. The van der Waals surface area contributed by atoms with E-state index < -0.39 is 5.97 Å². The van der Waals surface area contributed by atoms with Crippen LogP contribution in [0.3, 0.4) is 0 Å². The van der Waals surface area contributed by atoms with Crippen LogP contribution in [0.4, 0.5) is 0 Å². The van der Waals surface area contributed by atoms with Crippen LogP contribution in [0.15, 0.2) is 18.2 Å². The van der Waals surface area contributed by atoms with Gasteiger partial charge in [0.1, 0.15) is 5.75 Å². The predicted molar refractivity (Wildman–Crippen MR) is 55.6 cm³/mol. The Kier molecular flexibility index (Phi) is 3.16. The van der Waals surface area contributed by atoms with E-state index in [-0.39, 0.29) is 13.5 Å². The zero-order valence-corrected chi connectivity index (χ0v) is 15.5. The molecule has 1 aromatic rings. The molecular weight excluding hydrogens is 462 g/mol. The van der Waals surface area contributed by atoms with E-state index in [1.807, 2.05) is 19.0 Å². The van der Waals surface area contributed by atoms with Gasteiger partial charge in [0.05, 0.1) is 6.61 Å². The minimum Gasteiger partial charge on any atom is -0.482 e. The van der Waals surface area contributed by atoms with Crippen molar-refractivity contribution in [3.05, 3.63) is 23.8 Å². The molecule has 1 aromatic carbocycles. The smallest absolute Gasteiger partial charge is 0.341 e. The number of aliphatic carboxylic acids is 1. The summed E-state index contributed by atoms with van der Waals surface area (Å²) in [4.78, 5) is 10.3. The maximum Gasteiger partial charge on any atom is 0.341 e. The maximum absolute atomic E-state index is 10.3. The second-order valence-electron chi connectivity index (χ2n) is 3.50. The maximum atomic E-state index is 10.3. The number of fused-ring (bicyclic) bond motifs is 1. The van der Waals surface area contributed by atoms with Gasteiger partial charge in [0.25, 0.3) is 0 Å². The van der Waals surface area contributed by atoms with Gasteiger partial charge in [-0.3, -0.25) is 0 Å². The third-order valence-electron chi connectivity index (χ3n) is 2.41. The van der Waals surface area contributed by atoms with Gasteiger partial charge in [0.2, 0.25) is 0 Å². The first-order valence-corrected chi connectivity index (χ1v) is 4.76. The monoisotopic (exact) mass is 473 g/mol. The van der Waals surface area contributed by atoms with E-state index >= 15 is 0 Å². The standard InChI is InChI=1S/C10H11BO4.Rf/c1-11-9-4-8(14-6-10(12)13)3-2-7(9)5-15-11;/h2-4H,5-6H2,1H3,(H,12,13);. The minimum atomic E-state index is -0.972. The van der Waals surface area contributed by atoms with Crippen molar-refractivity contribution in [2.45, 2.75) is 13.4 Å². The summed E-state index contributed by atoms with van der Waals surface area (Å²) in [5.74, 6) is -0.395. The molecule has 16 heavy (non-hydrogen) atoms. The second-order valence-corrected chi connectivity index (χ2v) is 3.50. The molecular formula is C10H11BO4Rf. The summed E-state index contributed by atoms with van der Waals surface area (Å²) in [7, 11) is 0. The van der Waals surface area contributed by atoms with Crippen LogP contribution in [-0.2, 0) is 16.1 Å². The fourth-order valence-electron chi connectivity index (χ4n) is 1.62. The first kappa shape index (κ1) is 11.6. The Balaban J connectivity index is 0.00000128. The molecule has 0 aliphatic carbocycles. The average molecular weight is 473 g/mol. The molecule has 0 fully saturated rings. The molecule has 0 unspecified atom stereocenters. The van der Waals surface area contributed by atoms with Crippen LogP contribution in [0.5, 0.6) is 5.75 Å². The van der Waals surface area contributed by atoms with Gasteiger partial charge in [-0.05, 0) is 23.2 Å². The van der Waals surface area contributed by atoms with E-state index in [9.17, 15) is 4.79 Å². The van der Waals surface area contributed by atoms with Crippen molar-refractivity contribution < 1.29 is 19.3 Å². The topological polar surface area (TPSA) is 55.8 Å². The van der Waals surface area contributed by atoms with Crippen molar-refractivity contribution in [1.82, 2.24) is 0 Å². The van der Waals surface area contributed by atoms with Crippen LogP contribution >= 0.6 is 0 Å². The zero-order valence-electron chi connectivity index (χ0n) is 9.10. The predicted octanol–water partition coefficient (Wildman–Crippen LogP) is 0.509. The van der Waals surface area contributed by atoms with Crippen molar-refractivity contribution in [2.24, 2.45) is 0 Å². The Morgan fingerprint density at radius 3 is 3.06 bits per heavy atom. The molecule has 1 N–H and O–H groups in total. The number of carbonyl (C=O) groups is 1. The van der Waals surface area contributed by atoms with E-state index in [1.165, 1.54) is 0 Å². The van der Waals surface area contributed by atoms with E-state index in [1.54, 1.807) is 6.07 Å². The molecule has 1 aliphatic heterocycles. The summed E-state index contributed by atoms with van der Waals surface area (Å²) in [5, 5.41) is 8.47.